The number of esters is 1. The Labute approximate surface area is 228 Å². The van der Waals surface area contributed by atoms with Crippen molar-refractivity contribution in [3.05, 3.63) is 0 Å². The molecule has 36 heavy (non-hydrogen) atoms. The molecule has 0 saturated heterocycles. The third-order valence-corrected chi connectivity index (χ3v) is 7.92. The normalized spacial score (nSPS) is 14.1. The van der Waals surface area contributed by atoms with Crippen molar-refractivity contribution in [3.63, 3.8) is 0 Å². The Balaban J connectivity index is 4.29. The van der Waals surface area contributed by atoms with Crippen LogP contribution in [0.25, 0.3) is 0 Å². The van der Waals surface area contributed by atoms with Gasteiger partial charge in [0.15, 0.2) is 0 Å². The van der Waals surface area contributed by atoms with Crippen LogP contribution in [0, 0.1) is 16.7 Å². The molecular formula is C34H68O2. The maximum absolute atomic E-state index is 13.0. The zero-order valence-corrected chi connectivity index (χ0v) is 26.3. The van der Waals surface area contributed by atoms with Crippen LogP contribution in [0.2, 0.25) is 0 Å². The first-order chi connectivity index (χ1) is 17.1. The topological polar surface area (TPSA) is 26.3 Å². The molecule has 0 rings (SSSR count). The summed E-state index contributed by atoms with van der Waals surface area (Å²) < 4.78 is 6.29. The fourth-order valence-corrected chi connectivity index (χ4v) is 5.97. The Hall–Kier alpha value is -0.530. The van der Waals surface area contributed by atoms with Crippen molar-refractivity contribution >= 4 is 5.97 Å². The smallest absolute Gasteiger partial charge is 0.309 e. The second kappa shape index (κ2) is 21.4. The van der Waals surface area contributed by atoms with Gasteiger partial charge in [-0.25, -0.2) is 0 Å². The second-order valence-electron chi connectivity index (χ2n) is 13.6. The summed E-state index contributed by atoms with van der Waals surface area (Å²) in [4.78, 5) is 13.0. The van der Waals surface area contributed by atoms with Crippen LogP contribution in [-0.4, -0.2) is 12.1 Å². The van der Waals surface area contributed by atoms with E-state index in [0.29, 0.717) is 0 Å². The predicted molar refractivity (Wildman–Crippen MR) is 161 cm³/mol. The summed E-state index contributed by atoms with van der Waals surface area (Å²) in [7, 11) is 0. The van der Waals surface area contributed by atoms with Gasteiger partial charge in [0.05, 0.1) is 5.92 Å². The first-order valence-corrected chi connectivity index (χ1v) is 16.3. The lowest BCUT2D eigenvalue weighted by atomic mass is 9.72. The Kier molecular flexibility index (Phi) is 21.1. The lowest BCUT2D eigenvalue weighted by Gasteiger charge is -2.39. The van der Waals surface area contributed by atoms with Gasteiger partial charge in [0, 0.05) is 5.41 Å². The summed E-state index contributed by atoms with van der Waals surface area (Å²) in [5.41, 5.74) is 0.239. The molecule has 0 aliphatic carbocycles. The average molecular weight is 509 g/mol. The minimum Gasteiger partial charge on any atom is -0.462 e. The highest BCUT2D eigenvalue weighted by atomic mass is 16.5. The molecule has 2 heteroatoms. The Morgan fingerprint density at radius 1 is 0.583 bits per heavy atom. The van der Waals surface area contributed by atoms with Crippen molar-refractivity contribution in [1.29, 1.82) is 0 Å². The zero-order valence-electron chi connectivity index (χ0n) is 26.3. The van der Waals surface area contributed by atoms with Crippen molar-refractivity contribution in [1.82, 2.24) is 0 Å². The maximum Gasteiger partial charge on any atom is 0.309 e. The number of hydrogen-bond acceptors (Lipinski definition) is 2. The number of rotatable bonds is 24. The van der Waals surface area contributed by atoms with E-state index in [-0.39, 0.29) is 28.8 Å². The van der Waals surface area contributed by atoms with Gasteiger partial charge in [-0.05, 0) is 37.5 Å². The molecule has 2 atom stereocenters. The predicted octanol–water partition coefficient (Wildman–Crippen LogP) is 11.8. The van der Waals surface area contributed by atoms with Gasteiger partial charge in [0.2, 0.25) is 0 Å². The van der Waals surface area contributed by atoms with E-state index in [9.17, 15) is 4.79 Å². The molecule has 0 radical (unpaired) electrons. The van der Waals surface area contributed by atoms with Crippen LogP contribution in [0.5, 0.6) is 0 Å². The summed E-state index contributed by atoms with van der Waals surface area (Å²) >= 11 is 0. The Morgan fingerprint density at radius 2 is 1.00 bits per heavy atom. The molecule has 0 heterocycles. The van der Waals surface area contributed by atoms with E-state index in [1.165, 1.54) is 96.3 Å². The molecule has 0 aliphatic rings. The van der Waals surface area contributed by atoms with Crippen LogP contribution in [-0.2, 0) is 9.53 Å². The molecule has 0 bridgehead atoms. The van der Waals surface area contributed by atoms with E-state index in [4.69, 9.17) is 4.74 Å². The van der Waals surface area contributed by atoms with Crippen molar-refractivity contribution in [2.24, 2.45) is 16.7 Å². The van der Waals surface area contributed by atoms with Crippen molar-refractivity contribution in [2.45, 2.75) is 196 Å². The molecule has 0 fully saturated rings. The lowest BCUT2D eigenvalue weighted by Crippen LogP contribution is -2.38. The Bertz CT molecular complexity index is 502. The van der Waals surface area contributed by atoms with E-state index < -0.39 is 0 Å². The van der Waals surface area contributed by atoms with Gasteiger partial charge in [0.25, 0.3) is 0 Å². The van der Waals surface area contributed by atoms with Gasteiger partial charge >= 0.3 is 5.97 Å². The second-order valence-corrected chi connectivity index (χ2v) is 13.6. The fourth-order valence-electron chi connectivity index (χ4n) is 5.97. The van der Waals surface area contributed by atoms with Crippen LogP contribution >= 0.6 is 0 Å². The molecule has 0 N–H and O–H groups in total. The van der Waals surface area contributed by atoms with Crippen molar-refractivity contribution < 1.29 is 9.53 Å². The highest BCUT2D eigenvalue weighted by Crippen LogP contribution is 2.39. The average Bonchev–Trinajstić information content (AvgIpc) is 2.79. The number of unbranched alkanes of at least 4 members (excludes halogenated alkanes) is 15. The summed E-state index contributed by atoms with van der Waals surface area (Å²) in [6, 6.07) is 0. The Morgan fingerprint density at radius 3 is 1.39 bits per heavy atom. The van der Waals surface area contributed by atoms with Crippen molar-refractivity contribution in [3.8, 4) is 0 Å². The monoisotopic (exact) mass is 509 g/mol. The molecule has 0 aromatic carbocycles. The summed E-state index contributed by atoms with van der Waals surface area (Å²) in [6.45, 7) is 18.2. The summed E-state index contributed by atoms with van der Waals surface area (Å²) in [6.07, 6.45) is 27.0. The van der Waals surface area contributed by atoms with Gasteiger partial charge in [-0.15, -0.1) is 0 Å². The molecule has 0 saturated carbocycles. The summed E-state index contributed by atoms with van der Waals surface area (Å²) in [5, 5.41) is 0. The highest BCUT2D eigenvalue weighted by molar-refractivity contribution is 5.72. The first kappa shape index (κ1) is 35.5. The first-order valence-electron chi connectivity index (χ1n) is 16.3. The standard InChI is InChI=1S/C34H68O2/c1-9-12-14-15-16-17-18-19-20-21-22-23-24-25-26-28-31(34(7,8)29-33(4,5)6)36-32(35)30(11-3)27-13-10-2/h30-31H,9-29H2,1-8H3. The minimum absolute atomic E-state index is 0.00690. The number of carbonyl (C=O) groups excluding carboxylic acids is 1. The molecule has 2 nitrogen and oxygen atoms in total. The SMILES string of the molecule is CCCCCCCCCCCCCCCCCC(OC(=O)C(CC)CCCC)C(C)(C)CC(C)(C)C. The number of carbonyl (C=O) groups is 1. The fraction of sp³-hybridized carbons (Fsp3) is 0.971. The molecular weight excluding hydrogens is 440 g/mol. The number of ether oxygens (including phenoxy) is 1. The van der Waals surface area contributed by atoms with Gasteiger partial charge in [-0.3, -0.25) is 4.79 Å². The van der Waals surface area contributed by atoms with Gasteiger partial charge in [0.1, 0.15) is 6.10 Å². The van der Waals surface area contributed by atoms with Gasteiger partial charge < -0.3 is 4.74 Å². The van der Waals surface area contributed by atoms with E-state index >= 15 is 0 Å². The third-order valence-electron chi connectivity index (χ3n) is 7.92. The van der Waals surface area contributed by atoms with Crippen LogP contribution in [0.15, 0.2) is 0 Å². The molecule has 0 amide bonds. The number of hydrogen-bond donors (Lipinski definition) is 0. The molecule has 2 unspecified atom stereocenters. The van der Waals surface area contributed by atoms with Crippen LogP contribution in [0.3, 0.4) is 0 Å². The van der Waals surface area contributed by atoms with Gasteiger partial charge in [-0.1, -0.05) is 158 Å². The third kappa shape index (κ3) is 19.6. The molecule has 0 aromatic rings. The molecule has 216 valence electrons. The quantitative estimate of drug-likeness (QED) is 0.0956. The van der Waals surface area contributed by atoms with E-state index in [1.54, 1.807) is 0 Å². The maximum atomic E-state index is 13.0. The van der Waals surface area contributed by atoms with E-state index in [0.717, 1.165) is 38.5 Å². The van der Waals surface area contributed by atoms with E-state index in [2.05, 4.69) is 55.4 Å². The highest BCUT2D eigenvalue weighted by Gasteiger charge is 2.36. The van der Waals surface area contributed by atoms with Crippen molar-refractivity contribution in [2.75, 3.05) is 0 Å². The zero-order chi connectivity index (χ0) is 27.3. The minimum atomic E-state index is 0.00690. The lowest BCUT2D eigenvalue weighted by molar-refractivity contribution is -0.162. The van der Waals surface area contributed by atoms with Gasteiger partial charge in [-0.2, -0.15) is 0 Å². The van der Waals surface area contributed by atoms with Crippen LogP contribution in [0.4, 0.5) is 0 Å². The molecule has 0 spiro atoms. The molecule has 0 aromatic heterocycles. The van der Waals surface area contributed by atoms with Crippen LogP contribution < -0.4 is 0 Å². The van der Waals surface area contributed by atoms with E-state index in [1.807, 2.05) is 0 Å². The summed E-state index contributed by atoms with van der Waals surface area (Å²) in [5.74, 6) is 0.123. The van der Waals surface area contributed by atoms with Crippen LogP contribution in [0.1, 0.15) is 190 Å². The largest absolute Gasteiger partial charge is 0.462 e. The molecule has 0 aliphatic heterocycles.